The first-order valence-corrected chi connectivity index (χ1v) is 13.2. The molecule has 10 nitrogen and oxygen atoms in total. The number of rotatable bonds is 6. The molecule has 2 N–H and O–H groups in total. The van der Waals surface area contributed by atoms with E-state index in [0.29, 0.717) is 36.6 Å². The Morgan fingerprint density at radius 1 is 1.10 bits per heavy atom. The summed E-state index contributed by atoms with van der Waals surface area (Å²) >= 11 is 1.59. The Morgan fingerprint density at radius 3 is 2.72 bits per heavy atom. The van der Waals surface area contributed by atoms with E-state index < -0.39 is 0 Å². The molecule has 1 aromatic carbocycles. The molecule has 5 aromatic rings. The average Bonchev–Trinajstić information content (AvgIpc) is 3.62. The van der Waals surface area contributed by atoms with Crippen LogP contribution in [0.5, 0.6) is 0 Å². The molecule has 0 saturated heterocycles. The van der Waals surface area contributed by atoms with Crippen molar-refractivity contribution in [2.24, 2.45) is 0 Å². The van der Waals surface area contributed by atoms with Gasteiger partial charge in [-0.05, 0) is 54.4 Å². The third-order valence-corrected chi connectivity index (χ3v) is 7.71. The van der Waals surface area contributed by atoms with Gasteiger partial charge < -0.3 is 24.9 Å². The highest BCUT2D eigenvalue weighted by atomic mass is 32.1. The number of pyridine rings is 1. The Bertz CT molecular complexity index is 1670. The lowest BCUT2D eigenvalue weighted by atomic mass is 10.0. The predicted octanol–water partition coefficient (Wildman–Crippen LogP) is 4.94. The van der Waals surface area contributed by atoms with Crippen LogP contribution in [0.2, 0.25) is 0 Å². The summed E-state index contributed by atoms with van der Waals surface area (Å²) in [5, 5.41) is 7.34. The minimum Gasteiger partial charge on any atom is -0.459 e. The van der Waals surface area contributed by atoms with Gasteiger partial charge in [-0.3, -0.25) is 14.6 Å². The second-order valence-corrected chi connectivity index (χ2v) is 10.4. The highest BCUT2D eigenvalue weighted by Gasteiger charge is 2.27. The molecule has 0 aliphatic carbocycles. The Balaban J connectivity index is 1.29. The second-order valence-electron chi connectivity index (χ2n) is 9.30. The standard InChI is InChI=1S/C28H25N7O3S/c1-34(2)21-6-5-18(14-20(21)33-26(36)22-4-3-13-38-22)32-25-24-19-9-12-35(28(37)17-7-10-29-11-8-17)15-23(19)39-27(24)31-16-30-25/h3-8,10-11,13-14,16H,9,12,15H2,1-2H3,(H,33,36)(H,30,31,32). The number of hydrogen-bond donors (Lipinski definition) is 2. The molecule has 39 heavy (non-hydrogen) atoms. The first kappa shape index (κ1) is 24.6. The van der Waals surface area contributed by atoms with Crippen LogP contribution in [0.3, 0.4) is 0 Å². The van der Waals surface area contributed by atoms with Crippen molar-refractivity contribution >= 4 is 56.2 Å². The van der Waals surface area contributed by atoms with Crippen LogP contribution in [0.15, 0.2) is 71.9 Å². The van der Waals surface area contributed by atoms with Gasteiger partial charge in [0.05, 0.1) is 29.6 Å². The number of thiophene rings is 1. The number of benzene rings is 1. The molecule has 0 unspecified atom stereocenters. The zero-order valence-corrected chi connectivity index (χ0v) is 22.2. The van der Waals surface area contributed by atoms with E-state index in [9.17, 15) is 9.59 Å². The SMILES string of the molecule is CN(C)c1ccc(Nc2ncnc3sc4c(c23)CCN(C(=O)c2ccncc2)C4)cc1NC(=O)c1ccco1. The first-order valence-electron chi connectivity index (χ1n) is 12.4. The zero-order chi connectivity index (χ0) is 26.9. The lowest BCUT2D eigenvalue weighted by Gasteiger charge is -2.27. The second kappa shape index (κ2) is 10.2. The minimum atomic E-state index is -0.331. The maximum Gasteiger partial charge on any atom is 0.291 e. The van der Waals surface area contributed by atoms with Crippen LogP contribution in [0, 0.1) is 0 Å². The molecular formula is C28H25N7O3S. The molecule has 196 valence electrons. The topological polar surface area (TPSA) is 116 Å². The van der Waals surface area contributed by atoms with Crippen molar-refractivity contribution in [3.8, 4) is 0 Å². The normalized spacial score (nSPS) is 12.7. The largest absolute Gasteiger partial charge is 0.459 e. The van der Waals surface area contributed by atoms with Crippen LogP contribution < -0.4 is 15.5 Å². The molecule has 1 aliphatic heterocycles. The number of carbonyl (C=O) groups excluding carboxylic acids is 2. The number of anilines is 4. The Morgan fingerprint density at radius 2 is 1.95 bits per heavy atom. The van der Waals surface area contributed by atoms with E-state index in [1.54, 1.807) is 54.3 Å². The number of hydrogen-bond acceptors (Lipinski definition) is 9. The fourth-order valence-electron chi connectivity index (χ4n) is 4.71. The van der Waals surface area contributed by atoms with E-state index >= 15 is 0 Å². The van der Waals surface area contributed by atoms with Crippen molar-refractivity contribution < 1.29 is 14.0 Å². The number of nitrogens with one attached hydrogen (secondary N) is 2. The van der Waals surface area contributed by atoms with Crippen LogP contribution in [0.4, 0.5) is 22.9 Å². The van der Waals surface area contributed by atoms with Crippen molar-refractivity contribution in [3.63, 3.8) is 0 Å². The van der Waals surface area contributed by atoms with E-state index in [1.807, 2.05) is 42.1 Å². The van der Waals surface area contributed by atoms with Crippen LogP contribution in [-0.2, 0) is 13.0 Å². The molecule has 5 heterocycles. The molecule has 4 aromatic heterocycles. The third-order valence-electron chi connectivity index (χ3n) is 6.59. The van der Waals surface area contributed by atoms with Gasteiger partial charge in [0, 0.05) is 49.2 Å². The van der Waals surface area contributed by atoms with Crippen molar-refractivity contribution in [1.82, 2.24) is 19.9 Å². The smallest absolute Gasteiger partial charge is 0.291 e. The first-order chi connectivity index (χ1) is 19.0. The fraction of sp³-hybridized carbons (Fsp3) is 0.179. The molecule has 6 rings (SSSR count). The lowest BCUT2D eigenvalue weighted by molar-refractivity contribution is 0.0737. The van der Waals surface area contributed by atoms with Gasteiger partial charge >= 0.3 is 0 Å². The molecule has 0 bridgehead atoms. The molecule has 0 fully saturated rings. The summed E-state index contributed by atoms with van der Waals surface area (Å²) in [5.74, 6) is 0.585. The van der Waals surface area contributed by atoms with Crippen molar-refractivity contribution in [3.05, 3.63) is 89.2 Å². The lowest BCUT2D eigenvalue weighted by Crippen LogP contribution is -2.35. The Labute approximate surface area is 228 Å². The van der Waals surface area contributed by atoms with E-state index in [0.717, 1.165) is 32.0 Å². The quantitative estimate of drug-likeness (QED) is 0.312. The van der Waals surface area contributed by atoms with Gasteiger partial charge in [0.25, 0.3) is 11.8 Å². The van der Waals surface area contributed by atoms with E-state index in [-0.39, 0.29) is 17.6 Å². The van der Waals surface area contributed by atoms with Crippen molar-refractivity contribution in [1.29, 1.82) is 0 Å². The van der Waals surface area contributed by atoms with E-state index in [2.05, 4.69) is 25.6 Å². The van der Waals surface area contributed by atoms with Crippen molar-refractivity contribution in [2.45, 2.75) is 13.0 Å². The van der Waals surface area contributed by atoms with E-state index in [4.69, 9.17) is 4.42 Å². The van der Waals surface area contributed by atoms with Crippen LogP contribution in [0.1, 0.15) is 31.4 Å². The number of carbonyl (C=O) groups is 2. The molecule has 0 radical (unpaired) electrons. The average molecular weight is 540 g/mol. The summed E-state index contributed by atoms with van der Waals surface area (Å²) < 4.78 is 5.25. The van der Waals surface area contributed by atoms with Gasteiger partial charge in [-0.15, -0.1) is 11.3 Å². The molecule has 0 saturated carbocycles. The molecule has 2 amide bonds. The Hall–Kier alpha value is -4.77. The van der Waals surface area contributed by atoms with Gasteiger partial charge in [0.15, 0.2) is 5.76 Å². The van der Waals surface area contributed by atoms with Gasteiger partial charge in [-0.2, -0.15) is 0 Å². The molecule has 0 atom stereocenters. The van der Waals surface area contributed by atoms with Crippen molar-refractivity contribution in [2.75, 3.05) is 36.2 Å². The maximum atomic E-state index is 13.0. The monoisotopic (exact) mass is 539 g/mol. The summed E-state index contributed by atoms with van der Waals surface area (Å²) in [7, 11) is 3.83. The summed E-state index contributed by atoms with van der Waals surface area (Å²) in [6.45, 7) is 1.13. The van der Waals surface area contributed by atoms with Gasteiger partial charge in [-0.1, -0.05) is 0 Å². The molecule has 1 aliphatic rings. The number of furan rings is 1. The third kappa shape index (κ3) is 4.79. The van der Waals surface area contributed by atoms with Crippen LogP contribution in [-0.4, -0.2) is 52.3 Å². The molecule has 11 heteroatoms. The van der Waals surface area contributed by atoms with Crippen LogP contribution in [0.25, 0.3) is 10.2 Å². The number of aromatic nitrogens is 3. The predicted molar refractivity (Wildman–Crippen MR) is 151 cm³/mol. The molecular weight excluding hydrogens is 514 g/mol. The highest BCUT2D eigenvalue weighted by molar-refractivity contribution is 7.19. The molecule has 0 spiro atoms. The highest BCUT2D eigenvalue weighted by Crippen LogP contribution is 2.39. The number of amides is 2. The minimum absolute atomic E-state index is 0.00459. The number of nitrogens with zero attached hydrogens (tertiary/aromatic N) is 5. The van der Waals surface area contributed by atoms with Gasteiger partial charge in [0.1, 0.15) is 17.0 Å². The van der Waals surface area contributed by atoms with Gasteiger partial charge in [0.2, 0.25) is 0 Å². The fourth-order valence-corrected chi connectivity index (χ4v) is 5.91. The summed E-state index contributed by atoms with van der Waals surface area (Å²) in [5.41, 5.74) is 4.04. The van der Waals surface area contributed by atoms with Gasteiger partial charge in [-0.25, -0.2) is 9.97 Å². The summed E-state index contributed by atoms with van der Waals surface area (Å²) in [4.78, 5) is 44.6. The number of fused-ring (bicyclic) bond motifs is 3. The Kier molecular flexibility index (Phi) is 6.41. The van der Waals surface area contributed by atoms with Crippen LogP contribution >= 0.6 is 11.3 Å². The summed E-state index contributed by atoms with van der Waals surface area (Å²) in [6, 6.07) is 12.5. The van der Waals surface area contributed by atoms with E-state index in [1.165, 1.54) is 6.26 Å². The zero-order valence-electron chi connectivity index (χ0n) is 21.3. The maximum absolute atomic E-state index is 13.0. The summed E-state index contributed by atoms with van der Waals surface area (Å²) in [6.07, 6.45) is 6.98.